The number of pyridine rings is 3. The highest BCUT2D eigenvalue weighted by Gasteiger charge is 2.58. The molecule has 3 aliphatic rings. The minimum atomic E-state index is -4.18. The van der Waals surface area contributed by atoms with Gasteiger partial charge < -0.3 is 44.2 Å². The summed E-state index contributed by atoms with van der Waals surface area (Å²) in [5.41, 5.74) is -0.887. The van der Waals surface area contributed by atoms with Crippen LogP contribution < -0.4 is 25.1 Å². The Hall–Kier alpha value is -7.39. The summed E-state index contributed by atoms with van der Waals surface area (Å²) in [5, 5.41) is 40.3. The molecule has 86 heavy (non-hydrogen) atoms. The summed E-state index contributed by atoms with van der Waals surface area (Å²) in [6.07, 6.45) is 1.39. The topological polar surface area (TPSA) is 174 Å². The first-order valence-electron chi connectivity index (χ1n) is 26.9. The standard InChI is InChI=1S/C33H30F6N8O2.C24H32BF2N3O3.CH3F.2CH4/c1-21(48)32(36,37)29-11-8-26(18-41-29)46-14-12-45(13-15-46)25-6-2-22(3-7-25)23-4-10-30(40-17-23)33(38,39)31(49,19-47-20-42-43-44-47)27-9-5-24(34)16-28(27)35;1-17(31)24(26,27)21-11-10-20(16-28-21)30-14-12-29(13-15-30)19-8-6-18(7-9-19)25-32-22(2,3)23(4,5)33-25;1-2;;/h2-11,16-18,20-21,48-49H,12-15,19H2,1H3;6-11,16-17,31H,12-15H2,1-5H3;1H3;2*1H4/t21?,31-;;;;/m0..../s1. The minimum absolute atomic E-state index is 0. The molecule has 7 aromatic rings. The lowest BCUT2D eigenvalue weighted by atomic mass is 9.79. The molecule has 3 aromatic carbocycles. The number of halogens is 9. The third-order valence-electron chi connectivity index (χ3n) is 15.6. The molecule has 3 fully saturated rings. The molecular weight excluding hydrogens is 1140 g/mol. The zero-order valence-electron chi connectivity index (χ0n) is 47.2. The highest BCUT2D eigenvalue weighted by molar-refractivity contribution is 6.62. The van der Waals surface area contributed by atoms with Crippen molar-refractivity contribution in [3.8, 4) is 11.1 Å². The van der Waals surface area contributed by atoms with Gasteiger partial charge in [0.2, 0.25) is 0 Å². The molecule has 0 radical (unpaired) electrons. The van der Waals surface area contributed by atoms with Crippen molar-refractivity contribution in [2.24, 2.45) is 0 Å². The maximum atomic E-state index is 16.1. The van der Waals surface area contributed by atoms with Crippen molar-refractivity contribution in [1.29, 1.82) is 0 Å². The number of piperazine rings is 2. The van der Waals surface area contributed by atoms with Gasteiger partial charge in [-0.2, -0.15) is 26.3 Å². The number of aliphatic hydroxyl groups excluding tert-OH is 2. The van der Waals surface area contributed by atoms with Crippen LogP contribution in [0.5, 0.6) is 0 Å². The lowest BCUT2D eigenvalue weighted by molar-refractivity contribution is -0.207. The predicted molar refractivity (Wildman–Crippen MR) is 313 cm³/mol. The highest BCUT2D eigenvalue weighted by atomic mass is 19.3. The van der Waals surface area contributed by atoms with Crippen LogP contribution in [0.2, 0.25) is 0 Å². The summed E-state index contributed by atoms with van der Waals surface area (Å²) >= 11 is 0. The molecule has 3 N–H and O–H groups in total. The number of rotatable bonds is 15. The SMILES string of the molecule is C.C.CC(O)C(F)(F)c1ccc(N2CCN(c3ccc(-c4ccc(C(F)(F)[C@](O)(Cn5cnnn5)c5ccc(F)cc5F)nc4)cc3)CC2)cn1.CC(O)C(F)(F)c1ccc(N2CCN(c3ccc(B4OC(C)(C)C(C)(C)O4)cc3)CC2)cn1.CF. The first kappa shape index (κ1) is 67.7. The van der Waals surface area contributed by atoms with Gasteiger partial charge >= 0.3 is 24.9 Å². The van der Waals surface area contributed by atoms with Gasteiger partial charge in [0, 0.05) is 87.1 Å². The average molecular weight is 1210 g/mol. The van der Waals surface area contributed by atoms with Gasteiger partial charge in [-0.3, -0.25) is 19.3 Å². The number of hydrogen-bond acceptors (Lipinski definition) is 15. The lowest BCUT2D eigenvalue weighted by Gasteiger charge is -2.37. The summed E-state index contributed by atoms with van der Waals surface area (Å²) in [5.74, 6) is -13.4. The normalized spacial score (nSPS) is 17.4. The molecule has 3 atom stereocenters. The van der Waals surface area contributed by atoms with Crippen LogP contribution in [0.15, 0.2) is 128 Å². The van der Waals surface area contributed by atoms with Crippen molar-refractivity contribution in [2.45, 2.75) is 110 Å². The monoisotopic (exact) mass is 1210 g/mol. The van der Waals surface area contributed by atoms with Crippen LogP contribution in [0, 0.1) is 11.6 Å². The van der Waals surface area contributed by atoms with E-state index in [0.29, 0.717) is 56.2 Å². The molecule has 464 valence electrons. The van der Waals surface area contributed by atoms with Crippen LogP contribution in [0.25, 0.3) is 11.1 Å². The smallest absolute Gasteiger partial charge is 0.399 e. The quantitative estimate of drug-likeness (QED) is 0.0653. The summed E-state index contributed by atoms with van der Waals surface area (Å²) in [6.45, 7) is 14.9. The van der Waals surface area contributed by atoms with Crippen LogP contribution in [0.3, 0.4) is 0 Å². The Morgan fingerprint density at radius 2 is 0.965 bits per heavy atom. The molecule has 0 aliphatic carbocycles. The number of benzene rings is 3. The molecule has 4 aromatic heterocycles. The molecule has 0 spiro atoms. The molecule has 0 bridgehead atoms. The number of nitrogens with zero attached hydrogens (tertiary/aromatic N) is 11. The van der Waals surface area contributed by atoms with E-state index in [1.54, 1.807) is 12.1 Å². The maximum absolute atomic E-state index is 16.1. The lowest BCUT2D eigenvalue weighted by Crippen LogP contribution is -2.48. The van der Waals surface area contributed by atoms with E-state index in [2.05, 4.69) is 69.4 Å². The van der Waals surface area contributed by atoms with Gasteiger partial charge in [-0.1, -0.05) is 45.2 Å². The Balaban J connectivity index is 0.000000280. The third-order valence-corrected chi connectivity index (χ3v) is 15.6. The van der Waals surface area contributed by atoms with Crippen molar-refractivity contribution in [3.05, 3.63) is 162 Å². The molecule has 26 heteroatoms. The van der Waals surface area contributed by atoms with E-state index in [4.69, 9.17) is 9.31 Å². The van der Waals surface area contributed by atoms with Crippen LogP contribution in [0.4, 0.5) is 62.3 Å². The Labute approximate surface area is 495 Å². The number of aromatic nitrogens is 7. The number of aliphatic hydroxyl groups is 3. The Bertz CT molecular complexity index is 3230. The van der Waals surface area contributed by atoms with Gasteiger partial charge in [0.15, 0.2) is 5.60 Å². The fourth-order valence-electron chi connectivity index (χ4n) is 9.73. The van der Waals surface area contributed by atoms with E-state index in [1.807, 2.05) is 56.9 Å². The molecule has 3 saturated heterocycles. The fourth-order valence-corrected chi connectivity index (χ4v) is 9.73. The van der Waals surface area contributed by atoms with Gasteiger partial charge in [-0.15, -0.1) is 5.10 Å². The van der Waals surface area contributed by atoms with Crippen LogP contribution >= 0.6 is 0 Å². The number of hydrogen-bond donors (Lipinski definition) is 3. The highest BCUT2D eigenvalue weighted by Crippen LogP contribution is 2.47. The second kappa shape index (κ2) is 27.1. The van der Waals surface area contributed by atoms with E-state index in [-0.39, 0.29) is 33.2 Å². The molecule has 3 aliphatic heterocycles. The third kappa shape index (κ3) is 14.2. The average Bonchev–Trinajstić information content (AvgIpc) is 4.10. The largest absolute Gasteiger partial charge is 0.494 e. The fraction of sp³-hybridized carbons (Fsp3) is 0.433. The predicted octanol–water partition coefficient (Wildman–Crippen LogP) is 9.93. The van der Waals surface area contributed by atoms with Crippen LogP contribution in [-0.4, -0.2) is 141 Å². The minimum Gasteiger partial charge on any atom is -0.399 e. The van der Waals surface area contributed by atoms with Crippen molar-refractivity contribution < 1.29 is 64.1 Å². The molecule has 0 saturated carbocycles. The van der Waals surface area contributed by atoms with Crippen molar-refractivity contribution in [3.63, 3.8) is 0 Å². The number of alkyl halides is 7. The van der Waals surface area contributed by atoms with Crippen LogP contribution in [-0.2, 0) is 39.2 Å². The van der Waals surface area contributed by atoms with Crippen molar-refractivity contribution in [2.75, 3.05) is 79.1 Å². The molecule has 7 heterocycles. The second-order valence-corrected chi connectivity index (χ2v) is 21.6. The Kier molecular flexibility index (Phi) is 21.4. The van der Waals surface area contributed by atoms with Crippen molar-refractivity contribution >= 4 is 35.3 Å². The van der Waals surface area contributed by atoms with E-state index in [9.17, 15) is 46.1 Å². The number of tetrazole rings is 1. The van der Waals surface area contributed by atoms with E-state index in [0.717, 1.165) is 91.8 Å². The second-order valence-electron chi connectivity index (χ2n) is 21.6. The summed E-state index contributed by atoms with van der Waals surface area (Å²) in [6, 6.07) is 25.7. The molecule has 16 nitrogen and oxygen atoms in total. The van der Waals surface area contributed by atoms with Gasteiger partial charge in [-0.05, 0) is 130 Å². The van der Waals surface area contributed by atoms with E-state index >= 15 is 8.78 Å². The van der Waals surface area contributed by atoms with Crippen molar-refractivity contribution in [1.82, 2.24) is 35.2 Å². The van der Waals surface area contributed by atoms with Gasteiger partial charge in [0.05, 0.1) is 48.7 Å². The summed E-state index contributed by atoms with van der Waals surface area (Å²) < 4.78 is 139. The van der Waals surface area contributed by atoms with E-state index < -0.39 is 76.4 Å². The first-order chi connectivity index (χ1) is 39.7. The number of anilines is 4. The van der Waals surface area contributed by atoms with Gasteiger partial charge in [0.1, 0.15) is 47.3 Å². The van der Waals surface area contributed by atoms with Gasteiger partial charge in [-0.25, -0.2) is 13.5 Å². The first-order valence-corrected chi connectivity index (χ1v) is 26.9. The van der Waals surface area contributed by atoms with Crippen LogP contribution in [0.1, 0.15) is 79.0 Å². The molecule has 10 rings (SSSR count). The van der Waals surface area contributed by atoms with E-state index in [1.165, 1.54) is 36.8 Å². The Morgan fingerprint density at radius 3 is 1.35 bits per heavy atom. The summed E-state index contributed by atoms with van der Waals surface area (Å²) in [4.78, 5) is 20.3. The maximum Gasteiger partial charge on any atom is 0.494 e. The van der Waals surface area contributed by atoms with Gasteiger partial charge in [0.25, 0.3) is 0 Å². The molecule has 0 amide bonds. The molecular formula is C60H73BF9N11O5. The Morgan fingerprint density at radius 1 is 0.558 bits per heavy atom. The summed E-state index contributed by atoms with van der Waals surface area (Å²) in [7, 11) is 0.123. The zero-order valence-corrected chi connectivity index (χ0v) is 47.2. The molecule has 2 unspecified atom stereocenters. The zero-order chi connectivity index (χ0) is 61.0.